The van der Waals surface area contributed by atoms with Crippen molar-refractivity contribution < 1.29 is 0 Å². The van der Waals surface area contributed by atoms with Crippen molar-refractivity contribution in [1.82, 2.24) is 0 Å². The zero-order valence-electron chi connectivity index (χ0n) is 8.02. The molecule has 3 rings (SSSR count). The Balaban J connectivity index is 2.25. The van der Waals surface area contributed by atoms with Crippen molar-refractivity contribution in [2.45, 2.75) is 37.0 Å². The molecule has 0 fully saturated rings. The van der Waals surface area contributed by atoms with E-state index in [-0.39, 0.29) is 0 Å². The predicted molar refractivity (Wildman–Crippen MR) is 57.7 cm³/mol. The molecule has 0 spiro atoms. The lowest BCUT2D eigenvalue weighted by molar-refractivity contribution is 0.800. The highest BCUT2D eigenvalue weighted by Crippen LogP contribution is 2.40. The van der Waals surface area contributed by atoms with E-state index in [1.165, 1.54) is 32.1 Å². The maximum absolute atomic E-state index is 2.47. The van der Waals surface area contributed by atoms with Crippen LogP contribution in [0.25, 0.3) is 0 Å². The largest absolute Gasteiger partial charge is 0.129 e. The summed E-state index contributed by atoms with van der Waals surface area (Å²) in [6.45, 7) is 0. The molecular formula is C12H14S. The summed E-state index contributed by atoms with van der Waals surface area (Å²) in [7, 11) is 0. The first kappa shape index (κ1) is 7.93. The van der Waals surface area contributed by atoms with E-state index >= 15 is 0 Å². The summed E-state index contributed by atoms with van der Waals surface area (Å²) in [6.07, 6.45) is 8.93. The Morgan fingerprint density at radius 1 is 1.00 bits per heavy atom. The zero-order valence-corrected chi connectivity index (χ0v) is 8.84. The third-order valence-electron chi connectivity index (χ3n) is 3.39. The highest BCUT2D eigenvalue weighted by Gasteiger charge is 2.24. The smallest absolute Gasteiger partial charge is 0.0139 e. The molecule has 0 bridgehead atoms. The fourth-order valence-corrected chi connectivity index (χ4v) is 3.60. The van der Waals surface area contributed by atoms with Crippen molar-refractivity contribution in [3.05, 3.63) is 28.3 Å². The topological polar surface area (TPSA) is 0 Å². The van der Waals surface area contributed by atoms with Gasteiger partial charge in [-0.05, 0) is 60.6 Å². The van der Waals surface area contributed by atoms with E-state index < -0.39 is 0 Å². The lowest BCUT2D eigenvalue weighted by Gasteiger charge is -2.24. The first-order chi connectivity index (χ1) is 6.40. The maximum Gasteiger partial charge on any atom is 0.0139 e. The maximum atomic E-state index is 2.47. The van der Waals surface area contributed by atoms with Crippen molar-refractivity contribution in [2.75, 3.05) is 6.26 Å². The molecule has 0 aliphatic heterocycles. The minimum Gasteiger partial charge on any atom is -0.129 e. The minimum absolute atomic E-state index is 1.33. The van der Waals surface area contributed by atoms with Crippen LogP contribution in [0.5, 0.6) is 0 Å². The van der Waals surface area contributed by atoms with E-state index in [1.807, 2.05) is 11.8 Å². The molecule has 1 aromatic carbocycles. The molecule has 0 saturated heterocycles. The number of hydrogen-bond donors (Lipinski definition) is 0. The summed E-state index contributed by atoms with van der Waals surface area (Å²) < 4.78 is 0. The molecule has 0 heterocycles. The summed E-state index contributed by atoms with van der Waals surface area (Å²) >= 11 is 1.97. The molecule has 0 N–H and O–H groups in total. The summed E-state index contributed by atoms with van der Waals surface area (Å²) in [4.78, 5) is 1.64. The summed E-state index contributed by atoms with van der Waals surface area (Å²) in [6, 6.07) is 2.47. The van der Waals surface area contributed by atoms with Crippen LogP contribution in [0.4, 0.5) is 0 Å². The third-order valence-corrected chi connectivity index (χ3v) is 4.29. The number of aryl methyl sites for hydroxylation is 2. The number of hydrogen-bond acceptors (Lipinski definition) is 1. The normalized spacial score (nSPS) is 17.9. The Morgan fingerprint density at radius 3 is 2.46 bits per heavy atom. The molecular weight excluding hydrogens is 176 g/mol. The Kier molecular flexibility index (Phi) is 1.69. The van der Waals surface area contributed by atoms with Gasteiger partial charge in [-0.1, -0.05) is 6.07 Å². The number of thioether (sulfide) groups is 1. The standard InChI is InChI=1S/C12H14S/c1-13-12-10-4-2-3-8(10)7-9-5-6-11(9)12/h7H,2-6H2,1H3. The van der Waals surface area contributed by atoms with Gasteiger partial charge in [0.05, 0.1) is 0 Å². The van der Waals surface area contributed by atoms with Crippen molar-refractivity contribution in [2.24, 2.45) is 0 Å². The van der Waals surface area contributed by atoms with Crippen LogP contribution < -0.4 is 0 Å². The van der Waals surface area contributed by atoms with Gasteiger partial charge in [-0.3, -0.25) is 0 Å². The summed E-state index contributed by atoms with van der Waals surface area (Å²) in [5.74, 6) is 0. The van der Waals surface area contributed by atoms with Gasteiger partial charge in [0.15, 0.2) is 0 Å². The first-order valence-corrected chi connectivity index (χ1v) is 6.33. The van der Waals surface area contributed by atoms with Gasteiger partial charge in [-0.2, -0.15) is 0 Å². The average Bonchev–Trinajstić information content (AvgIpc) is 2.55. The van der Waals surface area contributed by atoms with Crippen LogP contribution in [0.3, 0.4) is 0 Å². The number of rotatable bonds is 1. The Bertz CT molecular complexity index is 366. The van der Waals surface area contributed by atoms with Crippen LogP contribution >= 0.6 is 11.8 Å². The molecule has 0 aromatic heterocycles. The lowest BCUT2D eigenvalue weighted by Crippen LogP contribution is -2.12. The van der Waals surface area contributed by atoms with Crippen LogP contribution in [0.2, 0.25) is 0 Å². The third kappa shape index (κ3) is 0.999. The van der Waals surface area contributed by atoms with Crippen LogP contribution in [0.1, 0.15) is 28.7 Å². The monoisotopic (exact) mass is 190 g/mol. The first-order valence-electron chi connectivity index (χ1n) is 5.10. The van der Waals surface area contributed by atoms with Gasteiger partial charge in [0, 0.05) is 4.90 Å². The van der Waals surface area contributed by atoms with Crippen LogP contribution in [-0.4, -0.2) is 6.26 Å². The highest BCUT2D eigenvalue weighted by atomic mass is 32.2. The molecule has 0 radical (unpaired) electrons. The van der Waals surface area contributed by atoms with Gasteiger partial charge in [0.1, 0.15) is 0 Å². The van der Waals surface area contributed by atoms with Gasteiger partial charge in [-0.15, -0.1) is 11.8 Å². The fourth-order valence-electron chi connectivity index (χ4n) is 2.64. The molecule has 0 atom stereocenters. The Morgan fingerprint density at radius 2 is 1.77 bits per heavy atom. The molecule has 2 aliphatic rings. The molecule has 2 aliphatic carbocycles. The summed E-state index contributed by atoms with van der Waals surface area (Å²) in [5.41, 5.74) is 6.66. The van der Waals surface area contributed by atoms with E-state index in [1.54, 1.807) is 27.1 Å². The van der Waals surface area contributed by atoms with E-state index in [4.69, 9.17) is 0 Å². The van der Waals surface area contributed by atoms with Crippen LogP contribution in [0.15, 0.2) is 11.0 Å². The number of benzene rings is 1. The van der Waals surface area contributed by atoms with Crippen LogP contribution in [-0.2, 0) is 25.7 Å². The quantitative estimate of drug-likeness (QED) is 0.613. The predicted octanol–water partition coefficient (Wildman–Crippen LogP) is 3.00. The average molecular weight is 190 g/mol. The lowest BCUT2D eigenvalue weighted by atomic mass is 9.85. The van der Waals surface area contributed by atoms with Crippen molar-refractivity contribution in [1.29, 1.82) is 0 Å². The fraction of sp³-hybridized carbons (Fsp3) is 0.500. The molecule has 0 amide bonds. The van der Waals surface area contributed by atoms with Crippen molar-refractivity contribution >= 4 is 11.8 Å². The van der Waals surface area contributed by atoms with Gasteiger partial charge in [0.25, 0.3) is 0 Å². The number of fused-ring (bicyclic) bond motifs is 2. The van der Waals surface area contributed by atoms with E-state index in [9.17, 15) is 0 Å². The van der Waals surface area contributed by atoms with E-state index in [0.717, 1.165) is 0 Å². The zero-order chi connectivity index (χ0) is 8.84. The van der Waals surface area contributed by atoms with E-state index in [2.05, 4.69) is 12.3 Å². The van der Waals surface area contributed by atoms with Gasteiger partial charge in [-0.25, -0.2) is 0 Å². The second-order valence-electron chi connectivity index (χ2n) is 4.04. The van der Waals surface area contributed by atoms with Crippen LogP contribution in [0, 0.1) is 0 Å². The molecule has 0 saturated carbocycles. The van der Waals surface area contributed by atoms with Crippen molar-refractivity contribution in [3.8, 4) is 0 Å². The molecule has 13 heavy (non-hydrogen) atoms. The summed E-state index contributed by atoms with van der Waals surface area (Å²) in [5, 5.41) is 0. The molecule has 0 nitrogen and oxygen atoms in total. The van der Waals surface area contributed by atoms with Crippen molar-refractivity contribution in [3.63, 3.8) is 0 Å². The Hall–Kier alpha value is -0.430. The molecule has 0 unspecified atom stereocenters. The second kappa shape index (κ2) is 2.78. The van der Waals surface area contributed by atoms with Gasteiger partial charge in [0.2, 0.25) is 0 Å². The second-order valence-corrected chi connectivity index (χ2v) is 4.86. The Labute approximate surface area is 83.7 Å². The van der Waals surface area contributed by atoms with Gasteiger partial charge < -0.3 is 0 Å². The minimum atomic E-state index is 1.33. The van der Waals surface area contributed by atoms with E-state index in [0.29, 0.717) is 0 Å². The molecule has 1 heteroatoms. The molecule has 68 valence electrons. The SMILES string of the molecule is CSc1c2c(cc3c1CC3)CCC2. The highest BCUT2D eigenvalue weighted by molar-refractivity contribution is 7.98. The molecule has 1 aromatic rings. The van der Waals surface area contributed by atoms with Gasteiger partial charge >= 0.3 is 0 Å².